The topological polar surface area (TPSA) is 62.7 Å². The van der Waals surface area contributed by atoms with Crippen LogP contribution in [0.2, 0.25) is 0 Å². The van der Waals surface area contributed by atoms with Crippen LogP contribution in [0, 0.1) is 17.6 Å². The van der Waals surface area contributed by atoms with Gasteiger partial charge in [-0.25, -0.2) is 13.2 Å². The third kappa shape index (κ3) is 4.90. The second kappa shape index (κ2) is 10.7. The van der Waals surface area contributed by atoms with Crippen molar-refractivity contribution in [2.45, 2.75) is 44.1 Å². The number of aromatic nitrogens is 1. The Morgan fingerprint density at radius 1 is 1.14 bits per heavy atom. The molecule has 0 unspecified atom stereocenters. The molecule has 5 rings (SSSR count). The summed E-state index contributed by atoms with van der Waals surface area (Å²) in [5.41, 5.74) is 2.33. The summed E-state index contributed by atoms with van der Waals surface area (Å²) in [5, 5.41) is 21.1. The average Bonchev–Trinajstić information content (AvgIpc) is 3.22. The van der Waals surface area contributed by atoms with Gasteiger partial charge < -0.3 is 20.1 Å². The molecule has 9 heteroatoms. The van der Waals surface area contributed by atoms with Gasteiger partial charge in [0.25, 0.3) is 0 Å². The smallest absolute Gasteiger partial charge is 0.136 e. The Morgan fingerprint density at radius 2 is 1.84 bits per heavy atom. The van der Waals surface area contributed by atoms with E-state index in [-0.39, 0.29) is 29.6 Å². The van der Waals surface area contributed by atoms with Gasteiger partial charge in [0.15, 0.2) is 0 Å². The van der Waals surface area contributed by atoms with Crippen molar-refractivity contribution in [3.05, 3.63) is 70.4 Å². The highest BCUT2D eigenvalue weighted by atomic mass is 19.1. The number of hydrogen-bond acceptors (Lipinski definition) is 4. The summed E-state index contributed by atoms with van der Waals surface area (Å²) >= 11 is 0. The van der Waals surface area contributed by atoms with Gasteiger partial charge in [-0.15, -0.1) is 0 Å². The van der Waals surface area contributed by atoms with E-state index in [1.807, 2.05) is 36.1 Å². The molecule has 1 aromatic heterocycles. The highest BCUT2D eigenvalue weighted by Crippen LogP contribution is 2.43. The molecule has 2 aliphatic heterocycles. The van der Waals surface area contributed by atoms with Crippen LogP contribution in [0.1, 0.15) is 47.9 Å². The average molecular weight is 520 g/mol. The number of H-pyrrole nitrogens is 1. The fraction of sp³-hybridized carbons (Fsp3) is 0.500. The molecular weight excluding hydrogens is 486 g/mol. The molecule has 5 nitrogen and oxygen atoms in total. The highest BCUT2D eigenvalue weighted by molar-refractivity contribution is 5.85. The highest BCUT2D eigenvalue weighted by Gasteiger charge is 2.40. The first-order valence-electron chi connectivity index (χ1n) is 12.9. The number of halogens is 4. The summed E-state index contributed by atoms with van der Waals surface area (Å²) in [5.74, 6) is -1.81. The van der Waals surface area contributed by atoms with Gasteiger partial charge in [-0.3, -0.25) is 9.29 Å². The van der Waals surface area contributed by atoms with E-state index < -0.39 is 43.2 Å². The van der Waals surface area contributed by atoms with Crippen molar-refractivity contribution in [1.29, 1.82) is 0 Å². The number of fused-ring (bicyclic) bond motifs is 3. The standard InChI is InChI=1S/C28H33F4N3O2/c1-16-9-21-20-5-2-3-6-24(20)33-26(21)27(35(16)14-19(30)15-36)25-22(31)10-17(11-23(25)32)28(37)18-12-34(13-18)8-4-7-29/h2-3,5-6,10-11,16,18-19,27-28,33,36-37H,4,7-9,12-15H2,1H3/t16-,19-,27-,28-/m1/s1. The first-order valence-corrected chi connectivity index (χ1v) is 12.9. The van der Waals surface area contributed by atoms with Crippen LogP contribution < -0.4 is 0 Å². The minimum atomic E-state index is -1.57. The van der Waals surface area contributed by atoms with Crippen molar-refractivity contribution < 1.29 is 27.8 Å². The Labute approximate surface area is 213 Å². The van der Waals surface area contributed by atoms with Gasteiger partial charge in [0.05, 0.1) is 25.4 Å². The number of likely N-dealkylation sites (tertiary alicyclic amines) is 1. The summed E-state index contributed by atoms with van der Waals surface area (Å²) < 4.78 is 58.4. The largest absolute Gasteiger partial charge is 0.393 e. The molecule has 3 heterocycles. The third-order valence-corrected chi connectivity index (χ3v) is 7.88. The van der Waals surface area contributed by atoms with Gasteiger partial charge >= 0.3 is 0 Å². The molecule has 200 valence electrons. The lowest BCUT2D eigenvalue weighted by Gasteiger charge is -2.42. The van der Waals surface area contributed by atoms with E-state index in [4.69, 9.17) is 0 Å². The lowest BCUT2D eigenvalue weighted by molar-refractivity contribution is -0.00641. The number of hydrogen-bond donors (Lipinski definition) is 3. The molecular formula is C28H33F4N3O2. The predicted molar refractivity (Wildman–Crippen MR) is 134 cm³/mol. The molecule has 3 aromatic rings. The van der Waals surface area contributed by atoms with Crippen molar-refractivity contribution in [3.63, 3.8) is 0 Å². The zero-order chi connectivity index (χ0) is 26.3. The predicted octanol–water partition coefficient (Wildman–Crippen LogP) is 4.44. The van der Waals surface area contributed by atoms with Crippen LogP contribution >= 0.6 is 0 Å². The minimum absolute atomic E-state index is 0.153. The molecule has 0 aliphatic carbocycles. The Bertz CT molecular complexity index is 1220. The van der Waals surface area contributed by atoms with E-state index in [0.717, 1.165) is 16.5 Å². The summed E-state index contributed by atoms with van der Waals surface area (Å²) in [4.78, 5) is 7.02. The molecule has 2 aliphatic rings. The van der Waals surface area contributed by atoms with Crippen molar-refractivity contribution in [2.75, 3.05) is 39.5 Å². The maximum Gasteiger partial charge on any atom is 0.136 e. The van der Waals surface area contributed by atoms with Crippen LogP contribution in [0.15, 0.2) is 36.4 Å². The fourth-order valence-electron chi connectivity index (χ4n) is 5.97. The van der Waals surface area contributed by atoms with Crippen LogP contribution in [0.5, 0.6) is 0 Å². The van der Waals surface area contributed by atoms with Gasteiger partial charge in [0.1, 0.15) is 17.8 Å². The van der Waals surface area contributed by atoms with Crippen molar-refractivity contribution in [1.82, 2.24) is 14.8 Å². The van der Waals surface area contributed by atoms with Gasteiger partial charge in [0, 0.05) is 60.3 Å². The normalized spacial score (nSPS) is 22.7. The molecule has 3 N–H and O–H groups in total. The van der Waals surface area contributed by atoms with Crippen molar-refractivity contribution in [2.24, 2.45) is 5.92 Å². The third-order valence-electron chi connectivity index (χ3n) is 7.88. The van der Waals surface area contributed by atoms with E-state index in [9.17, 15) is 19.0 Å². The van der Waals surface area contributed by atoms with E-state index in [1.54, 1.807) is 4.90 Å². The lowest BCUT2D eigenvalue weighted by Crippen LogP contribution is -2.49. The number of nitrogens with zero attached hydrogens (tertiary/aromatic N) is 2. The van der Waals surface area contributed by atoms with Gasteiger partial charge in [-0.1, -0.05) is 18.2 Å². The maximum atomic E-state index is 15.8. The van der Waals surface area contributed by atoms with E-state index in [2.05, 4.69) is 4.98 Å². The second-order valence-corrected chi connectivity index (χ2v) is 10.4. The molecule has 1 saturated heterocycles. The van der Waals surface area contributed by atoms with Crippen molar-refractivity contribution in [3.8, 4) is 0 Å². The van der Waals surface area contributed by atoms with Crippen LogP contribution in [0.25, 0.3) is 10.9 Å². The molecule has 37 heavy (non-hydrogen) atoms. The first kappa shape index (κ1) is 26.2. The quantitative estimate of drug-likeness (QED) is 0.366. The number of rotatable bonds is 9. The SMILES string of the molecule is C[C@@H]1Cc2c([nH]c3ccccc23)[C@@H](c2c(F)cc([C@@H](O)C3CN(CCCF)C3)cc2F)N1C[C@@H](F)CO. The molecule has 0 saturated carbocycles. The molecule has 1 fully saturated rings. The summed E-state index contributed by atoms with van der Waals surface area (Å²) in [7, 11) is 0. The van der Waals surface area contributed by atoms with Gasteiger partial charge in [-0.2, -0.15) is 0 Å². The minimum Gasteiger partial charge on any atom is -0.393 e. The zero-order valence-electron chi connectivity index (χ0n) is 20.8. The number of nitrogens with one attached hydrogen (secondary N) is 1. The Kier molecular flexibility index (Phi) is 7.58. The number of alkyl halides is 2. The van der Waals surface area contributed by atoms with Gasteiger partial charge in [-0.05, 0) is 49.1 Å². The molecule has 0 amide bonds. The van der Waals surface area contributed by atoms with E-state index in [0.29, 0.717) is 38.2 Å². The Morgan fingerprint density at radius 3 is 2.51 bits per heavy atom. The zero-order valence-corrected chi connectivity index (χ0v) is 20.8. The Balaban J connectivity index is 1.51. The monoisotopic (exact) mass is 519 g/mol. The first-order chi connectivity index (χ1) is 17.8. The van der Waals surface area contributed by atoms with Crippen molar-refractivity contribution >= 4 is 10.9 Å². The van der Waals surface area contributed by atoms with Crippen LogP contribution in [-0.2, 0) is 6.42 Å². The fourth-order valence-corrected chi connectivity index (χ4v) is 5.97. The number of benzene rings is 2. The number of aliphatic hydroxyl groups excluding tert-OH is 2. The second-order valence-electron chi connectivity index (χ2n) is 10.4. The summed E-state index contributed by atoms with van der Waals surface area (Å²) in [6.07, 6.45) is -1.63. The number of para-hydroxylation sites is 1. The molecule has 0 radical (unpaired) electrons. The molecule has 0 bridgehead atoms. The number of aromatic amines is 1. The molecule has 4 atom stereocenters. The lowest BCUT2D eigenvalue weighted by atomic mass is 9.85. The molecule has 0 spiro atoms. The van der Waals surface area contributed by atoms with Gasteiger partial charge in [0.2, 0.25) is 0 Å². The Hall–Kier alpha value is -2.46. The summed E-state index contributed by atoms with van der Waals surface area (Å²) in [6.45, 7) is 2.29. The van der Waals surface area contributed by atoms with Crippen LogP contribution in [-0.4, -0.2) is 76.7 Å². The molecule has 2 aromatic carbocycles. The number of aliphatic hydroxyl groups is 2. The van der Waals surface area contributed by atoms with Crippen LogP contribution in [0.3, 0.4) is 0 Å². The van der Waals surface area contributed by atoms with Crippen LogP contribution in [0.4, 0.5) is 17.6 Å². The van der Waals surface area contributed by atoms with E-state index >= 15 is 8.78 Å². The van der Waals surface area contributed by atoms with E-state index in [1.165, 1.54) is 12.1 Å². The summed E-state index contributed by atoms with van der Waals surface area (Å²) in [6, 6.07) is 8.81. The maximum absolute atomic E-state index is 15.8.